The molecule has 0 bridgehead atoms. The van der Waals surface area contributed by atoms with Crippen molar-refractivity contribution in [2.75, 3.05) is 39.5 Å². The van der Waals surface area contributed by atoms with Gasteiger partial charge in [-0.05, 0) is 103 Å². The summed E-state index contributed by atoms with van der Waals surface area (Å²) in [5.74, 6) is 0.757. The van der Waals surface area contributed by atoms with Crippen LogP contribution in [0.15, 0.2) is 0 Å². The summed E-state index contributed by atoms with van der Waals surface area (Å²) in [6, 6.07) is 0. The van der Waals surface area contributed by atoms with Crippen molar-refractivity contribution in [3.05, 3.63) is 0 Å². The van der Waals surface area contributed by atoms with Crippen molar-refractivity contribution in [2.24, 2.45) is 11.8 Å². The molecule has 0 fully saturated rings. The van der Waals surface area contributed by atoms with E-state index in [9.17, 15) is 19.1 Å². The first-order valence-corrected chi connectivity index (χ1v) is 24.6. The van der Waals surface area contributed by atoms with Crippen LogP contribution in [0.3, 0.4) is 0 Å². The Labute approximate surface area is 348 Å². The number of rotatable bonds is 45. The van der Waals surface area contributed by atoms with Crippen LogP contribution >= 0.6 is 0 Å². The number of carbonyl (C=O) groups excluding carboxylic acids is 2. The van der Waals surface area contributed by atoms with E-state index in [-0.39, 0.29) is 37.2 Å². The molecule has 0 aliphatic heterocycles. The third-order valence-electron chi connectivity index (χ3n) is 11.5. The van der Waals surface area contributed by atoms with E-state index >= 15 is 0 Å². The number of aliphatic hydroxyl groups is 1. The van der Waals surface area contributed by atoms with Crippen LogP contribution in [0.5, 0.6) is 0 Å². The SMILES string of the molecule is CCCCCCCCC(CCCCCCCCF)OC(=O)CCCCCCCN(CCCCO)CCCCCCC(C)C(=O)OCCCCCCCCC(C)C. The Bertz CT molecular complexity index is 826. The normalized spacial score (nSPS) is 12.8. The molecule has 0 rings (SSSR count). The number of hydrogen-bond acceptors (Lipinski definition) is 6. The topological polar surface area (TPSA) is 76.1 Å². The number of ether oxygens (including phenoxy) is 2. The number of carbonyl (C=O) groups is 2. The molecule has 2 unspecified atom stereocenters. The van der Waals surface area contributed by atoms with E-state index in [1.54, 1.807) is 0 Å². The number of unbranched alkanes of at least 4 members (excludes halogenated alkanes) is 23. The van der Waals surface area contributed by atoms with Crippen LogP contribution in [0.25, 0.3) is 0 Å². The van der Waals surface area contributed by atoms with E-state index in [4.69, 9.17) is 9.47 Å². The van der Waals surface area contributed by atoms with Gasteiger partial charge in [0.15, 0.2) is 0 Å². The van der Waals surface area contributed by atoms with Gasteiger partial charge in [0.1, 0.15) is 6.10 Å². The summed E-state index contributed by atoms with van der Waals surface area (Å²) in [6.45, 7) is 12.7. The Morgan fingerprint density at radius 1 is 0.536 bits per heavy atom. The quantitative estimate of drug-likeness (QED) is 0.0488. The summed E-state index contributed by atoms with van der Waals surface area (Å²) < 4.78 is 23.9. The molecule has 7 heteroatoms. The second-order valence-corrected chi connectivity index (χ2v) is 17.6. The minimum absolute atomic E-state index is 0.00990. The van der Waals surface area contributed by atoms with Gasteiger partial charge in [0.2, 0.25) is 0 Å². The maximum Gasteiger partial charge on any atom is 0.308 e. The van der Waals surface area contributed by atoms with E-state index < -0.39 is 0 Å². The Morgan fingerprint density at radius 3 is 1.52 bits per heavy atom. The Kier molecular flexibility index (Phi) is 42.4. The van der Waals surface area contributed by atoms with Gasteiger partial charge >= 0.3 is 11.9 Å². The summed E-state index contributed by atoms with van der Waals surface area (Å²) in [5, 5.41) is 9.30. The predicted molar refractivity (Wildman–Crippen MR) is 237 cm³/mol. The molecule has 0 amide bonds. The van der Waals surface area contributed by atoms with Crippen molar-refractivity contribution in [1.29, 1.82) is 0 Å². The zero-order valence-electron chi connectivity index (χ0n) is 37.9. The molecule has 0 aliphatic carbocycles. The van der Waals surface area contributed by atoms with Crippen LogP contribution in [0, 0.1) is 11.8 Å². The Balaban J connectivity index is 4.17. The number of aliphatic hydroxyl groups excluding tert-OH is 1. The lowest BCUT2D eigenvalue weighted by molar-refractivity contribution is -0.150. The van der Waals surface area contributed by atoms with Gasteiger partial charge in [0, 0.05) is 13.0 Å². The van der Waals surface area contributed by atoms with Gasteiger partial charge in [-0.25, -0.2) is 0 Å². The Morgan fingerprint density at radius 2 is 0.982 bits per heavy atom. The molecule has 0 spiro atoms. The highest BCUT2D eigenvalue weighted by Crippen LogP contribution is 2.19. The number of alkyl halides is 1. The van der Waals surface area contributed by atoms with E-state index in [2.05, 4.69) is 25.7 Å². The first kappa shape index (κ1) is 54.8. The van der Waals surface area contributed by atoms with Crippen LogP contribution in [-0.2, 0) is 19.1 Å². The van der Waals surface area contributed by atoms with Crippen molar-refractivity contribution in [3.63, 3.8) is 0 Å². The van der Waals surface area contributed by atoms with Gasteiger partial charge in [-0.3, -0.25) is 14.0 Å². The highest BCUT2D eigenvalue weighted by atomic mass is 19.1. The number of nitrogens with zero attached hydrogens (tertiary/aromatic N) is 1. The number of halogens is 1. The number of hydrogen-bond donors (Lipinski definition) is 1. The lowest BCUT2D eigenvalue weighted by Crippen LogP contribution is -2.27. The van der Waals surface area contributed by atoms with Crippen LogP contribution in [-0.4, -0.2) is 67.6 Å². The summed E-state index contributed by atoms with van der Waals surface area (Å²) >= 11 is 0. The lowest BCUT2D eigenvalue weighted by Gasteiger charge is -2.22. The molecule has 0 aromatic rings. The largest absolute Gasteiger partial charge is 0.465 e. The third-order valence-corrected chi connectivity index (χ3v) is 11.5. The van der Waals surface area contributed by atoms with Gasteiger partial charge in [0.25, 0.3) is 0 Å². The molecule has 56 heavy (non-hydrogen) atoms. The Hall–Kier alpha value is -1.21. The molecule has 1 N–H and O–H groups in total. The summed E-state index contributed by atoms with van der Waals surface area (Å²) in [6.07, 6.45) is 37.8. The second-order valence-electron chi connectivity index (χ2n) is 17.6. The van der Waals surface area contributed by atoms with Crippen LogP contribution in [0.4, 0.5) is 4.39 Å². The average molecular weight is 798 g/mol. The minimum Gasteiger partial charge on any atom is -0.465 e. The fourth-order valence-corrected chi connectivity index (χ4v) is 7.68. The molecule has 0 radical (unpaired) electrons. The highest BCUT2D eigenvalue weighted by molar-refractivity contribution is 5.71. The molecule has 0 aromatic heterocycles. The molecule has 0 aliphatic rings. The zero-order valence-corrected chi connectivity index (χ0v) is 37.9. The van der Waals surface area contributed by atoms with Crippen LogP contribution in [0.2, 0.25) is 0 Å². The van der Waals surface area contributed by atoms with Crippen molar-refractivity contribution in [3.8, 4) is 0 Å². The average Bonchev–Trinajstić information content (AvgIpc) is 3.18. The summed E-state index contributed by atoms with van der Waals surface area (Å²) in [7, 11) is 0. The highest BCUT2D eigenvalue weighted by Gasteiger charge is 2.15. The molecule has 0 saturated carbocycles. The van der Waals surface area contributed by atoms with Gasteiger partial charge in [0.05, 0.1) is 19.2 Å². The van der Waals surface area contributed by atoms with E-state index in [1.165, 1.54) is 89.9 Å². The lowest BCUT2D eigenvalue weighted by atomic mass is 10.0. The van der Waals surface area contributed by atoms with Crippen molar-refractivity contribution >= 4 is 11.9 Å². The molecule has 334 valence electrons. The monoisotopic (exact) mass is 798 g/mol. The third kappa shape index (κ3) is 39.6. The summed E-state index contributed by atoms with van der Waals surface area (Å²) in [4.78, 5) is 27.8. The maximum atomic E-state index is 12.8. The number of esters is 2. The standard InChI is InChI=1S/C49H96FNO5/c1-5-6-7-8-15-25-36-47(37-26-16-9-11-19-28-39-50)56-48(53)38-27-17-13-20-29-40-51(42-31-32-43-52)41-30-21-18-24-35-46(4)49(54)55-44-33-22-12-10-14-23-34-45(2)3/h45-47,52H,5-44H2,1-4H3. The molecule has 6 nitrogen and oxygen atoms in total. The van der Waals surface area contributed by atoms with E-state index in [0.717, 1.165) is 141 Å². The minimum atomic E-state index is -0.204. The molecule has 0 aromatic carbocycles. The van der Waals surface area contributed by atoms with Crippen molar-refractivity contribution in [2.45, 2.75) is 252 Å². The molecular formula is C49H96FNO5. The van der Waals surface area contributed by atoms with E-state index in [0.29, 0.717) is 19.4 Å². The van der Waals surface area contributed by atoms with Gasteiger partial charge in [-0.2, -0.15) is 0 Å². The van der Waals surface area contributed by atoms with Crippen LogP contribution < -0.4 is 0 Å². The van der Waals surface area contributed by atoms with Gasteiger partial charge < -0.3 is 19.5 Å². The zero-order chi connectivity index (χ0) is 41.2. The summed E-state index contributed by atoms with van der Waals surface area (Å²) in [5.41, 5.74) is 0. The van der Waals surface area contributed by atoms with E-state index in [1.807, 2.05) is 6.92 Å². The fourth-order valence-electron chi connectivity index (χ4n) is 7.68. The van der Waals surface area contributed by atoms with Crippen molar-refractivity contribution in [1.82, 2.24) is 4.90 Å². The molecule has 0 saturated heterocycles. The van der Waals surface area contributed by atoms with Crippen molar-refractivity contribution < 1.29 is 28.6 Å². The maximum absolute atomic E-state index is 12.8. The second kappa shape index (κ2) is 43.4. The fraction of sp³-hybridized carbons (Fsp3) is 0.959. The van der Waals surface area contributed by atoms with Gasteiger partial charge in [-0.1, -0.05) is 163 Å². The molecule has 0 heterocycles. The predicted octanol–water partition coefficient (Wildman–Crippen LogP) is 14.3. The molecular weight excluding hydrogens is 702 g/mol. The first-order valence-electron chi connectivity index (χ1n) is 24.6. The van der Waals surface area contributed by atoms with Crippen LogP contribution in [0.1, 0.15) is 246 Å². The van der Waals surface area contributed by atoms with Gasteiger partial charge in [-0.15, -0.1) is 0 Å². The smallest absolute Gasteiger partial charge is 0.308 e. The molecule has 2 atom stereocenters. The first-order chi connectivity index (χ1) is 27.3.